The average Bonchev–Trinajstić information content (AvgIpc) is 2.66. The smallest absolute Gasteiger partial charge is 0.228 e. The Hall–Kier alpha value is -2.76. The van der Waals surface area contributed by atoms with Gasteiger partial charge in [0.2, 0.25) is 5.91 Å². The van der Waals surface area contributed by atoms with Crippen LogP contribution < -0.4 is 14.8 Å². The number of nitrogens with one attached hydrogen (secondary N) is 1. The fourth-order valence-corrected chi connectivity index (χ4v) is 2.63. The van der Waals surface area contributed by atoms with Gasteiger partial charge in [0.15, 0.2) is 5.75 Å². The molecule has 0 atom stereocenters. The maximum atomic E-state index is 12.4. The summed E-state index contributed by atoms with van der Waals surface area (Å²) in [5, 5.41) is 3.69. The van der Waals surface area contributed by atoms with Crippen LogP contribution in [0, 0.1) is 0 Å². The highest BCUT2D eigenvalue weighted by atomic mass is 35.5. The summed E-state index contributed by atoms with van der Waals surface area (Å²) in [6.07, 6.45) is 1.72. The van der Waals surface area contributed by atoms with Gasteiger partial charge in [-0.2, -0.15) is 0 Å². The summed E-state index contributed by atoms with van der Waals surface area (Å²) in [7, 11) is 1.60. The van der Waals surface area contributed by atoms with Gasteiger partial charge in [0, 0.05) is 11.2 Å². The number of amides is 1. The molecular weight excluding hydrogens is 387 g/mol. The fraction of sp³-hybridized carbons (Fsp3) is 0.100. The number of anilines is 1. The highest BCUT2D eigenvalue weighted by Gasteiger charge is 2.11. The zero-order valence-electron chi connectivity index (χ0n) is 14.4. The minimum Gasteiger partial charge on any atom is -0.497 e. The Morgan fingerprint density at radius 2 is 1.78 bits per heavy atom. The van der Waals surface area contributed by atoms with Gasteiger partial charge in [-0.1, -0.05) is 29.3 Å². The lowest BCUT2D eigenvalue weighted by atomic mass is 10.2. The van der Waals surface area contributed by atoms with E-state index in [1.54, 1.807) is 67.9 Å². The Bertz CT molecular complexity index is 929. The van der Waals surface area contributed by atoms with Crippen LogP contribution in [-0.2, 0) is 11.2 Å². The predicted molar refractivity (Wildman–Crippen MR) is 106 cm³/mol. The van der Waals surface area contributed by atoms with E-state index in [9.17, 15) is 4.79 Å². The lowest BCUT2D eigenvalue weighted by Crippen LogP contribution is -2.15. The molecule has 2 aromatic carbocycles. The van der Waals surface area contributed by atoms with E-state index in [2.05, 4.69) is 10.3 Å². The number of hydrogen-bond acceptors (Lipinski definition) is 4. The maximum Gasteiger partial charge on any atom is 0.228 e. The van der Waals surface area contributed by atoms with Crippen LogP contribution in [0.4, 0.5) is 5.69 Å². The number of carbonyl (C=O) groups excluding carboxylic acids is 1. The molecule has 3 rings (SSSR count). The SMILES string of the molecule is COc1ccc(Oc2ccc(Cl)cc2NC(=O)Cc2ccc(Cl)nc2)cc1. The number of halogens is 2. The molecule has 1 heterocycles. The van der Waals surface area contributed by atoms with Crippen LogP contribution in [0.15, 0.2) is 60.8 Å². The molecule has 0 radical (unpaired) electrons. The van der Waals surface area contributed by atoms with Crippen molar-refractivity contribution < 1.29 is 14.3 Å². The van der Waals surface area contributed by atoms with Gasteiger partial charge >= 0.3 is 0 Å². The number of benzene rings is 2. The van der Waals surface area contributed by atoms with E-state index in [0.717, 1.165) is 11.3 Å². The number of pyridine rings is 1. The summed E-state index contributed by atoms with van der Waals surface area (Å²) >= 11 is 11.8. The van der Waals surface area contributed by atoms with E-state index in [1.807, 2.05) is 0 Å². The summed E-state index contributed by atoms with van der Waals surface area (Å²) in [5.74, 6) is 1.59. The zero-order valence-corrected chi connectivity index (χ0v) is 15.9. The van der Waals surface area contributed by atoms with Crippen molar-refractivity contribution in [3.63, 3.8) is 0 Å². The molecule has 7 heteroatoms. The third kappa shape index (κ3) is 5.36. The van der Waals surface area contributed by atoms with E-state index in [4.69, 9.17) is 32.7 Å². The minimum absolute atomic E-state index is 0.151. The van der Waals surface area contributed by atoms with E-state index in [-0.39, 0.29) is 12.3 Å². The van der Waals surface area contributed by atoms with Gasteiger partial charge in [0.05, 0.1) is 19.2 Å². The summed E-state index contributed by atoms with van der Waals surface area (Å²) in [6.45, 7) is 0. The van der Waals surface area contributed by atoms with Crippen molar-refractivity contribution in [3.8, 4) is 17.2 Å². The summed E-state index contributed by atoms with van der Waals surface area (Å²) in [5.41, 5.74) is 1.22. The molecule has 0 saturated heterocycles. The molecule has 1 aromatic heterocycles. The molecule has 138 valence electrons. The van der Waals surface area contributed by atoms with Gasteiger partial charge < -0.3 is 14.8 Å². The van der Waals surface area contributed by atoms with Gasteiger partial charge in [-0.15, -0.1) is 0 Å². The molecule has 0 aliphatic heterocycles. The van der Waals surface area contributed by atoms with E-state index in [0.29, 0.717) is 27.4 Å². The van der Waals surface area contributed by atoms with E-state index in [1.165, 1.54) is 0 Å². The molecule has 0 fully saturated rings. The quantitative estimate of drug-likeness (QED) is 0.562. The number of aromatic nitrogens is 1. The number of ether oxygens (including phenoxy) is 2. The summed E-state index contributed by atoms with van der Waals surface area (Å²) in [4.78, 5) is 16.3. The Kier molecular flexibility index (Phi) is 6.16. The molecule has 1 amide bonds. The van der Waals surface area contributed by atoms with Crippen LogP contribution in [0.5, 0.6) is 17.2 Å². The van der Waals surface area contributed by atoms with Gasteiger partial charge in [-0.3, -0.25) is 4.79 Å². The van der Waals surface area contributed by atoms with Crippen molar-refractivity contribution in [2.45, 2.75) is 6.42 Å². The van der Waals surface area contributed by atoms with Crippen LogP contribution in [0.1, 0.15) is 5.56 Å². The van der Waals surface area contributed by atoms with Crippen LogP contribution in [0.2, 0.25) is 10.2 Å². The minimum atomic E-state index is -0.221. The largest absolute Gasteiger partial charge is 0.497 e. The monoisotopic (exact) mass is 402 g/mol. The lowest BCUT2D eigenvalue weighted by Gasteiger charge is -2.13. The summed E-state index contributed by atoms with van der Waals surface area (Å²) in [6, 6.07) is 15.6. The first-order valence-electron chi connectivity index (χ1n) is 8.05. The highest BCUT2D eigenvalue weighted by Crippen LogP contribution is 2.32. The zero-order chi connectivity index (χ0) is 19.2. The third-order valence-corrected chi connectivity index (χ3v) is 4.11. The summed E-state index contributed by atoms with van der Waals surface area (Å²) < 4.78 is 11.0. The maximum absolute atomic E-state index is 12.4. The first-order chi connectivity index (χ1) is 13.0. The van der Waals surface area contributed by atoms with Crippen LogP contribution in [-0.4, -0.2) is 18.0 Å². The Morgan fingerprint density at radius 1 is 1.04 bits per heavy atom. The molecule has 0 aliphatic rings. The van der Waals surface area contributed by atoms with Gasteiger partial charge in [0.25, 0.3) is 0 Å². The fourth-order valence-electron chi connectivity index (χ4n) is 2.35. The molecule has 0 aliphatic carbocycles. The van der Waals surface area contributed by atoms with Crippen molar-refractivity contribution in [3.05, 3.63) is 76.5 Å². The number of carbonyl (C=O) groups is 1. The van der Waals surface area contributed by atoms with Crippen LogP contribution in [0.3, 0.4) is 0 Å². The molecule has 0 spiro atoms. The third-order valence-electron chi connectivity index (χ3n) is 3.66. The number of rotatable bonds is 6. The predicted octanol–water partition coefficient (Wildman–Crippen LogP) is 5.37. The second-order valence-corrected chi connectivity index (χ2v) is 6.46. The van der Waals surface area contributed by atoms with Crippen molar-refractivity contribution in [2.75, 3.05) is 12.4 Å². The number of methoxy groups -OCH3 is 1. The highest BCUT2D eigenvalue weighted by molar-refractivity contribution is 6.31. The lowest BCUT2D eigenvalue weighted by molar-refractivity contribution is -0.115. The van der Waals surface area contributed by atoms with Gasteiger partial charge in [-0.25, -0.2) is 4.98 Å². The average molecular weight is 403 g/mol. The van der Waals surface area contributed by atoms with E-state index < -0.39 is 0 Å². The topological polar surface area (TPSA) is 60.5 Å². The number of hydrogen-bond donors (Lipinski definition) is 1. The van der Waals surface area contributed by atoms with Crippen molar-refractivity contribution in [2.24, 2.45) is 0 Å². The Labute approximate surface area is 166 Å². The first kappa shape index (κ1) is 19.0. The molecule has 1 N–H and O–H groups in total. The van der Waals surface area contributed by atoms with Crippen molar-refractivity contribution >= 4 is 34.8 Å². The molecule has 5 nitrogen and oxygen atoms in total. The van der Waals surface area contributed by atoms with Crippen LogP contribution in [0.25, 0.3) is 0 Å². The molecule has 27 heavy (non-hydrogen) atoms. The second kappa shape index (κ2) is 8.75. The Balaban J connectivity index is 1.74. The first-order valence-corrected chi connectivity index (χ1v) is 8.81. The normalized spacial score (nSPS) is 10.3. The second-order valence-electron chi connectivity index (χ2n) is 5.63. The standard InChI is InChI=1S/C20H16Cl2N2O3/c1-26-15-4-6-16(7-5-15)27-18-8-3-14(21)11-17(18)24-20(25)10-13-2-9-19(22)23-12-13/h2-9,11-12H,10H2,1H3,(H,24,25). The number of nitrogens with zero attached hydrogens (tertiary/aromatic N) is 1. The molecular formula is C20H16Cl2N2O3. The van der Waals surface area contributed by atoms with Gasteiger partial charge in [-0.05, 0) is 54.1 Å². The van der Waals surface area contributed by atoms with Crippen LogP contribution >= 0.6 is 23.2 Å². The van der Waals surface area contributed by atoms with Crippen molar-refractivity contribution in [1.82, 2.24) is 4.98 Å². The van der Waals surface area contributed by atoms with Crippen molar-refractivity contribution in [1.29, 1.82) is 0 Å². The molecule has 0 unspecified atom stereocenters. The Morgan fingerprint density at radius 3 is 2.44 bits per heavy atom. The molecule has 3 aromatic rings. The molecule has 0 saturated carbocycles. The van der Waals surface area contributed by atoms with E-state index >= 15 is 0 Å². The van der Waals surface area contributed by atoms with Gasteiger partial charge in [0.1, 0.15) is 16.7 Å². The molecule has 0 bridgehead atoms.